The molecule has 3 aliphatic carbocycles. The van der Waals surface area contributed by atoms with Gasteiger partial charge in [-0.15, -0.1) is 11.6 Å². The quantitative estimate of drug-likeness (QED) is 0.571. The molecular weight excluding hydrogens is 472 g/mol. The van der Waals surface area contributed by atoms with Gasteiger partial charge >= 0.3 is 0 Å². The fourth-order valence-corrected chi connectivity index (χ4v) is 9.79. The number of hydrogen-bond acceptors (Lipinski definition) is 5. The van der Waals surface area contributed by atoms with E-state index in [2.05, 4.69) is 42.2 Å². The van der Waals surface area contributed by atoms with Crippen LogP contribution in [0.5, 0.6) is 0 Å². The van der Waals surface area contributed by atoms with Gasteiger partial charge < -0.3 is 19.8 Å². The van der Waals surface area contributed by atoms with Gasteiger partial charge in [0.25, 0.3) is 0 Å². The Hall–Kier alpha value is -1.50. The van der Waals surface area contributed by atoms with Crippen molar-refractivity contribution in [1.29, 1.82) is 0 Å². The van der Waals surface area contributed by atoms with Gasteiger partial charge in [0.05, 0.1) is 28.3 Å². The van der Waals surface area contributed by atoms with E-state index in [1.165, 1.54) is 21.9 Å². The third-order valence-corrected chi connectivity index (χ3v) is 11.8. The number of rotatable bonds is 2. The molecule has 4 fully saturated rings. The molecule has 7 rings (SSSR count). The number of aliphatic hydroxyl groups is 2. The number of benzene rings is 1. The molecule has 1 aromatic carbocycles. The van der Waals surface area contributed by atoms with Crippen LogP contribution in [0.15, 0.2) is 42.7 Å². The van der Waals surface area contributed by atoms with Crippen molar-refractivity contribution in [3.05, 3.63) is 48.3 Å². The van der Waals surface area contributed by atoms with E-state index < -0.39 is 28.3 Å². The highest BCUT2D eigenvalue weighted by molar-refractivity contribution is 6.25. The van der Waals surface area contributed by atoms with Gasteiger partial charge in [0.2, 0.25) is 0 Å². The molecule has 36 heavy (non-hydrogen) atoms. The Bertz CT molecular complexity index is 1270. The van der Waals surface area contributed by atoms with Crippen molar-refractivity contribution >= 4 is 27.9 Å². The predicted octanol–water partition coefficient (Wildman–Crippen LogP) is 4.78. The summed E-state index contributed by atoms with van der Waals surface area (Å²) in [5.41, 5.74) is 1.86. The first kappa shape index (κ1) is 23.6. The first-order valence-corrected chi connectivity index (χ1v) is 14.0. The Morgan fingerprint density at radius 2 is 1.86 bits per heavy atom. The van der Waals surface area contributed by atoms with Crippen LogP contribution in [0.1, 0.15) is 57.4 Å². The molecule has 9 atom stereocenters. The van der Waals surface area contributed by atoms with Crippen LogP contribution in [0.3, 0.4) is 0 Å². The Kier molecular flexibility index (Phi) is 4.94. The maximum Gasteiger partial charge on any atom is 0.0958 e. The average molecular weight is 509 g/mol. The van der Waals surface area contributed by atoms with Crippen LogP contribution in [0.2, 0.25) is 0 Å². The van der Waals surface area contributed by atoms with Crippen molar-refractivity contribution in [2.45, 2.75) is 86.2 Å². The standard InChI is InChI=1S/C30H37ClN2O3/c1-27-9-11-29(31)15-22-25(34)26(35)23(33(2)3)16-28(22)10-12-30(29,36-28)24(27)7-6-21(27)19-5-4-18-8-13-32-17-20(18)14-19/h4-6,8,13-14,17,22-26,34-35H,7,9-12,15-16H2,1-3H3. The first-order valence-electron chi connectivity index (χ1n) is 13.6. The summed E-state index contributed by atoms with van der Waals surface area (Å²) in [6.45, 7) is 2.43. The second kappa shape index (κ2) is 7.54. The second-order valence-corrected chi connectivity index (χ2v) is 13.5. The number of aliphatic hydroxyl groups excluding tert-OH is 2. The molecule has 2 N–H and O–H groups in total. The Balaban J connectivity index is 1.27. The minimum Gasteiger partial charge on any atom is -0.390 e. The maximum atomic E-state index is 11.3. The van der Waals surface area contributed by atoms with Crippen molar-refractivity contribution in [1.82, 2.24) is 9.88 Å². The lowest BCUT2D eigenvalue weighted by atomic mass is 9.52. The van der Waals surface area contributed by atoms with Gasteiger partial charge in [0, 0.05) is 35.7 Å². The van der Waals surface area contributed by atoms with Gasteiger partial charge in [-0.05, 0) is 93.1 Å². The number of allylic oxidation sites excluding steroid dienone is 2. The topological polar surface area (TPSA) is 65.8 Å². The molecule has 2 saturated carbocycles. The molecule has 1 aromatic heterocycles. The molecule has 5 aliphatic rings. The molecule has 2 saturated heterocycles. The van der Waals surface area contributed by atoms with E-state index in [-0.39, 0.29) is 17.4 Å². The molecule has 2 spiro atoms. The predicted molar refractivity (Wildman–Crippen MR) is 142 cm³/mol. The van der Waals surface area contributed by atoms with Crippen LogP contribution in [0.4, 0.5) is 0 Å². The smallest absolute Gasteiger partial charge is 0.0958 e. The Morgan fingerprint density at radius 3 is 2.67 bits per heavy atom. The summed E-state index contributed by atoms with van der Waals surface area (Å²) in [4.78, 5) is 5.88. The molecule has 2 aromatic rings. The summed E-state index contributed by atoms with van der Waals surface area (Å²) in [6, 6.07) is 8.70. The normalized spacial score (nSPS) is 47.4. The number of alkyl halides is 1. The zero-order valence-corrected chi connectivity index (χ0v) is 22.2. The van der Waals surface area contributed by atoms with Crippen molar-refractivity contribution in [2.75, 3.05) is 14.1 Å². The summed E-state index contributed by atoms with van der Waals surface area (Å²) < 4.78 is 7.34. The van der Waals surface area contributed by atoms with Gasteiger partial charge in [-0.2, -0.15) is 0 Å². The molecule has 0 radical (unpaired) electrons. The number of fused-ring (bicyclic) bond motifs is 2. The van der Waals surface area contributed by atoms with E-state index in [1.807, 2.05) is 31.4 Å². The van der Waals surface area contributed by atoms with Gasteiger partial charge in [0.1, 0.15) is 0 Å². The largest absolute Gasteiger partial charge is 0.390 e. The highest BCUT2D eigenvalue weighted by Crippen LogP contribution is 2.73. The Labute approximate surface area is 218 Å². The highest BCUT2D eigenvalue weighted by Gasteiger charge is 2.76. The van der Waals surface area contributed by atoms with E-state index in [9.17, 15) is 10.2 Å². The lowest BCUT2D eigenvalue weighted by Gasteiger charge is -2.65. The molecule has 9 unspecified atom stereocenters. The SMILES string of the molecule is CN(C)C1CC23CCC4(O2)C2CC=C(c5ccc6ccncc6c5)C2(C)CCC4(Cl)CC3C(O)C1O. The molecule has 192 valence electrons. The molecule has 3 heterocycles. The second-order valence-electron chi connectivity index (χ2n) is 12.8. The zero-order valence-electron chi connectivity index (χ0n) is 21.5. The third-order valence-electron chi connectivity index (χ3n) is 11.2. The van der Waals surface area contributed by atoms with Crippen LogP contribution >= 0.6 is 11.6 Å². The number of ether oxygens (including phenoxy) is 1. The molecule has 2 aliphatic heterocycles. The van der Waals surface area contributed by atoms with Crippen LogP contribution in [0.25, 0.3) is 16.3 Å². The van der Waals surface area contributed by atoms with E-state index >= 15 is 0 Å². The van der Waals surface area contributed by atoms with E-state index in [4.69, 9.17) is 16.3 Å². The summed E-state index contributed by atoms with van der Waals surface area (Å²) in [5, 5.41) is 24.6. The zero-order chi connectivity index (χ0) is 25.1. The van der Waals surface area contributed by atoms with Gasteiger partial charge in [0.15, 0.2) is 0 Å². The van der Waals surface area contributed by atoms with Crippen LogP contribution in [-0.2, 0) is 4.74 Å². The van der Waals surface area contributed by atoms with E-state index in [1.54, 1.807) is 0 Å². The van der Waals surface area contributed by atoms with Crippen LogP contribution in [0, 0.1) is 17.3 Å². The van der Waals surface area contributed by atoms with Crippen molar-refractivity contribution < 1.29 is 14.9 Å². The number of halogens is 1. The molecule has 5 nitrogen and oxygen atoms in total. The fourth-order valence-electron chi connectivity index (χ4n) is 9.26. The molecule has 0 amide bonds. The summed E-state index contributed by atoms with van der Waals surface area (Å²) in [5.74, 6) is 0.181. The van der Waals surface area contributed by atoms with E-state index in [0.29, 0.717) is 5.92 Å². The Morgan fingerprint density at radius 1 is 1.03 bits per heavy atom. The summed E-state index contributed by atoms with van der Waals surface area (Å²) in [6.07, 6.45) is 10.8. The van der Waals surface area contributed by atoms with Crippen molar-refractivity contribution in [3.8, 4) is 0 Å². The fraction of sp³-hybridized carbons (Fsp3) is 0.633. The van der Waals surface area contributed by atoms with Crippen molar-refractivity contribution in [2.24, 2.45) is 17.3 Å². The van der Waals surface area contributed by atoms with E-state index in [0.717, 1.165) is 44.9 Å². The average Bonchev–Trinajstić information content (AvgIpc) is 3.39. The monoisotopic (exact) mass is 508 g/mol. The van der Waals surface area contributed by atoms with Crippen LogP contribution in [-0.4, -0.2) is 68.5 Å². The molecular formula is C30H37ClN2O3. The van der Waals surface area contributed by atoms with Gasteiger partial charge in [-0.25, -0.2) is 0 Å². The number of likely N-dealkylation sites (N-methyl/N-ethyl adjacent to an activating group) is 1. The first-order chi connectivity index (χ1) is 17.1. The molecule has 2 bridgehead atoms. The maximum absolute atomic E-state index is 11.3. The number of hydrogen-bond donors (Lipinski definition) is 2. The highest BCUT2D eigenvalue weighted by atomic mass is 35.5. The van der Waals surface area contributed by atoms with Gasteiger partial charge in [-0.1, -0.05) is 25.1 Å². The summed E-state index contributed by atoms with van der Waals surface area (Å²) >= 11 is 7.63. The number of nitrogens with zero attached hydrogens (tertiary/aromatic N) is 2. The number of aromatic nitrogens is 1. The minimum atomic E-state index is -0.811. The van der Waals surface area contributed by atoms with Crippen LogP contribution < -0.4 is 0 Å². The minimum absolute atomic E-state index is 0.0135. The number of pyridine rings is 1. The lowest BCUT2D eigenvalue weighted by molar-refractivity contribution is -0.276. The lowest BCUT2D eigenvalue weighted by Crippen LogP contribution is -2.72. The van der Waals surface area contributed by atoms with Gasteiger partial charge in [-0.3, -0.25) is 4.98 Å². The third kappa shape index (κ3) is 2.84. The summed E-state index contributed by atoms with van der Waals surface area (Å²) in [7, 11) is 3.97. The molecule has 6 heteroatoms. The van der Waals surface area contributed by atoms with Crippen molar-refractivity contribution in [3.63, 3.8) is 0 Å².